The molecule has 0 saturated heterocycles. The number of rotatable bonds is 3. The molecule has 1 aromatic heterocycles. The van der Waals surface area contributed by atoms with Crippen molar-refractivity contribution in [3.05, 3.63) is 62.8 Å². The number of hydrogen-bond acceptors (Lipinski definition) is 2. The van der Waals surface area contributed by atoms with Crippen molar-refractivity contribution in [2.24, 2.45) is 5.73 Å². The van der Waals surface area contributed by atoms with Crippen molar-refractivity contribution >= 4 is 27.5 Å². The molecule has 94 valence electrons. The molecule has 1 aromatic carbocycles. The molecule has 0 saturated carbocycles. The molecule has 1 unspecified atom stereocenters. The van der Waals surface area contributed by atoms with E-state index in [1.807, 2.05) is 18.2 Å². The van der Waals surface area contributed by atoms with Crippen molar-refractivity contribution in [3.8, 4) is 0 Å². The summed E-state index contributed by atoms with van der Waals surface area (Å²) in [5.41, 5.74) is 9.60. The average molecular weight is 326 g/mol. The molecule has 0 aliphatic carbocycles. The zero-order chi connectivity index (χ0) is 13.1. The van der Waals surface area contributed by atoms with Gasteiger partial charge in [-0.1, -0.05) is 39.7 Å². The molecular formula is C14H14BrClN2. The Labute approximate surface area is 120 Å². The van der Waals surface area contributed by atoms with Gasteiger partial charge in [-0.25, -0.2) is 0 Å². The number of benzene rings is 1. The lowest BCUT2D eigenvalue weighted by atomic mass is 9.96. The molecule has 0 aliphatic heterocycles. The maximum Gasteiger partial charge on any atom is 0.0622 e. The fourth-order valence-corrected chi connectivity index (χ4v) is 2.52. The van der Waals surface area contributed by atoms with Crippen LogP contribution in [0.5, 0.6) is 0 Å². The summed E-state index contributed by atoms with van der Waals surface area (Å²) in [6.45, 7) is 2.06. The highest BCUT2D eigenvalue weighted by molar-refractivity contribution is 9.10. The van der Waals surface area contributed by atoms with Crippen molar-refractivity contribution in [1.29, 1.82) is 0 Å². The Bertz CT molecular complexity index is 557. The second-order valence-electron chi connectivity index (χ2n) is 4.23. The van der Waals surface area contributed by atoms with Crippen LogP contribution >= 0.6 is 27.5 Å². The van der Waals surface area contributed by atoms with Gasteiger partial charge in [0.25, 0.3) is 0 Å². The third-order valence-corrected chi connectivity index (χ3v) is 4.20. The predicted molar refractivity (Wildman–Crippen MR) is 78.8 cm³/mol. The topological polar surface area (TPSA) is 38.9 Å². The lowest BCUT2D eigenvalue weighted by molar-refractivity contribution is 0.715. The Morgan fingerprint density at radius 3 is 2.89 bits per heavy atom. The molecule has 0 spiro atoms. The summed E-state index contributed by atoms with van der Waals surface area (Å²) in [4.78, 5) is 3.98. The minimum atomic E-state index is -0.0672. The van der Waals surface area contributed by atoms with Gasteiger partial charge < -0.3 is 5.73 Å². The number of halogens is 2. The Kier molecular flexibility index (Phi) is 4.38. The van der Waals surface area contributed by atoms with Crippen molar-refractivity contribution in [2.75, 3.05) is 0 Å². The lowest BCUT2D eigenvalue weighted by Crippen LogP contribution is -2.15. The summed E-state index contributed by atoms with van der Waals surface area (Å²) in [6.07, 6.45) is 4.09. The normalized spacial score (nSPS) is 12.4. The molecule has 1 heterocycles. The third kappa shape index (κ3) is 2.91. The fourth-order valence-electron chi connectivity index (χ4n) is 1.94. The molecule has 2 rings (SSSR count). The van der Waals surface area contributed by atoms with Crippen LogP contribution in [0.15, 0.2) is 41.1 Å². The van der Waals surface area contributed by atoms with E-state index in [4.69, 9.17) is 17.3 Å². The first-order valence-electron chi connectivity index (χ1n) is 5.68. The van der Waals surface area contributed by atoms with Gasteiger partial charge in [0, 0.05) is 22.9 Å². The predicted octanol–water partition coefficient (Wildman–Crippen LogP) is 4.05. The second kappa shape index (κ2) is 5.83. The van der Waals surface area contributed by atoms with Gasteiger partial charge in [0.15, 0.2) is 0 Å². The van der Waals surface area contributed by atoms with Crippen LogP contribution in [0.4, 0.5) is 0 Å². The Hall–Kier alpha value is -0.900. The Morgan fingerprint density at radius 1 is 1.39 bits per heavy atom. The zero-order valence-corrected chi connectivity index (χ0v) is 12.4. The fraction of sp³-hybridized carbons (Fsp3) is 0.214. The van der Waals surface area contributed by atoms with Crippen LogP contribution in [0.3, 0.4) is 0 Å². The van der Waals surface area contributed by atoms with Crippen molar-refractivity contribution in [3.63, 3.8) is 0 Å². The summed E-state index contributed by atoms with van der Waals surface area (Å²) in [5.74, 6) is 0. The standard InChI is InChI=1S/C14H14BrClN2/c1-9-11(3-2-4-12(9)15)14(17)7-10-5-6-18-8-13(10)16/h2-6,8,14H,7,17H2,1H3. The molecule has 0 fully saturated rings. The van der Waals surface area contributed by atoms with E-state index in [9.17, 15) is 0 Å². The highest BCUT2D eigenvalue weighted by Crippen LogP contribution is 2.27. The third-order valence-electron chi connectivity index (χ3n) is 3.01. The molecule has 0 radical (unpaired) electrons. The van der Waals surface area contributed by atoms with Gasteiger partial charge in [-0.2, -0.15) is 0 Å². The maximum atomic E-state index is 6.27. The van der Waals surface area contributed by atoms with Crippen LogP contribution in [0, 0.1) is 6.92 Å². The van der Waals surface area contributed by atoms with Gasteiger partial charge in [-0.3, -0.25) is 4.98 Å². The maximum absolute atomic E-state index is 6.27. The number of aromatic nitrogens is 1. The zero-order valence-electron chi connectivity index (χ0n) is 10.0. The minimum Gasteiger partial charge on any atom is -0.324 e. The molecule has 18 heavy (non-hydrogen) atoms. The monoisotopic (exact) mass is 324 g/mol. The van der Waals surface area contributed by atoms with Crippen LogP contribution in [-0.4, -0.2) is 4.98 Å². The molecule has 0 aliphatic rings. The van der Waals surface area contributed by atoms with E-state index in [0.29, 0.717) is 11.4 Å². The molecule has 0 bridgehead atoms. The summed E-state index contributed by atoms with van der Waals surface area (Å²) < 4.78 is 1.08. The number of hydrogen-bond donors (Lipinski definition) is 1. The first-order valence-corrected chi connectivity index (χ1v) is 6.85. The quantitative estimate of drug-likeness (QED) is 0.924. The number of nitrogens with zero attached hydrogens (tertiary/aromatic N) is 1. The van der Waals surface area contributed by atoms with Gasteiger partial charge in [0.2, 0.25) is 0 Å². The summed E-state index contributed by atoms with van der Waals surface area (Å²) in [6, 6.07) is 7.92. The highest BCUT2D eigenvalue weighted by Gasteiger charge is 2.12. The van der Waals surface area contributed by atoms with Crippen molar-refractivity contribution < 1.29 is 0 Å². The van der Waals surface area contributed by atoms with E-state index < -0.39 is 0 Å². The smallest absolute Gasteiger partial charge is 0.0622 e. The Morgan fingerprint density at radius 2 is 2.17 bits per heavy atom. The van der Waals surface area contributed by atoms with E-state index in [2.05, 4.69) is 33.9 Å². The van der Waals surface area contributed by atoms with Crippen molar-refractivity contribution in [2.45, 2.75) is 19.4 Å². The highest BCUT2D eigenvalue weighted by atomic mass is 79.9. The second-order valence-corrected chi connectivity index (χ2v) is 5.49. The minimum absolute atomic E-state index is 0.0672. The Balaban J connectivity index is 2.25. The SMILES string of the molecule is Cc1c(Br)cccc1C(N)Cc1ccncc1Cl. The van der Waals surface area contributed by atoms with Crippen LogP contribution < -0.4 is 5.73 Å². The van der Waals surface area contributed by atoms with Crippen LogP contribution in [0.2, 0.25) is 5.02 Å². The van der Waals surface area contributed by atoms with E-state index in [-0.39, 0.29) is 6.04 Å². The first-order chi connectivity index (χ1) is 8.59. The van der Waals surface area contributed by atoms with E-state index in [0.717, 1.165) is 15.6 Å². The molecule has 2 nitrogen and oxygen atoms in total. The van der Waals surface area contributed by atoms with Gasteiger partial charge in [-0.15, -0.1) is 0 Å². The largest absolute Gasteiger partial charge is 0.324 e. The first kappa shape index (κ1) is 13.5. The molecule has 1 atom stereocenters. The van der Waals surface area contributed by atoms with Crippen LogP contribution in [-0.2, 0) is 6.42 Å². The van der Waals surface area contributed by atoms with E-state index >= 15 is 0 Å². The molecule has 2 aromatic rings. The van der Waals surface area contributed by atoms with Crippen LogP contribution in [0.1, 0.15) is 22.7 Å². The van der Waals surface area contributed by atoms with Gasteiger partial charge in [0.05, 0.1) is 5.02 Å². The summed E-state index contributed by atoms with van der Waals surface area (Å²) in [7, 11) is 0. The van der Waals surface area contributed by atoms with Crippen molar-refractivity contribution in [1.82, 2.24) is 4.98 Å². The number of nitrogens with two attached hydrogens (primary N) is 1. The molecule has 4 heteroatoms. The van der Waals surface area contributed by atoms with Gasteiger partial charge in [-0.05, 0) is 42.2 Å². The molecule has 0 amide bonds. The van der Waals surface area contributed by atoms with Crippen LogP contribution in [0.25, 0.3) is 0 Å². The molecular weight excluding hydrogens is 312 g/mol. The lowest BCUT2D eigenvalue weighted by Gasteiger charge is -2.16. The number of pyridine rings is 1. The summed E-state index contributed by atoms with van der Waals surface area (Å²) in [5, 5.41) is 0.667. The van der Waals surface area contributed by atoms with Gasteiger partial charge >= 0.3 is 0 Å². The van der Waals surface area contributed by atoms with E-state index in [1.165, 1.54) is 5.56 Å². The van der Waals surface area contributed by atoms with E-state index in [1.54, 1.807) is 12.4 Å². The molecule has 2 N–H and O–H groups in total. The summed E-state index contributed by atoms with van der Waals surface area (Å²) >= 11 is 9.62. The van der Waals surface area contributed by atoms with Gasteiger partial charge in [0.1, 0.15) is 0 Å². The average Bonchev–Trinajstić information content (AvgIpc) is 2.35.